The number of carbonyl (C=O) groups is 3. The van der Waals surface area contributed by atoms with Gasteiger partial charge in [-0.3, -0.25) is 9.59 Å². The Morgan fingerprint density at radius 2 is 1.86 bits per heavy atom. The maximum atomic E-state index is 12.0. The van der Waals surface area contributed by atoms with Gasteiger partial charge in [-0.25, -0.2) is 4.79 Å². The van der Waals surface area contributed by atoms with Crippen LogP contribution in [0.15, 0.2) is 0 Å². The van der Waals surface area contributed by atoms with Crippen molar-refractivity contribution in [3.05, 3.63) is 0 Å². The van der Waals surface area contributed by atoms with Crippen LogP contribution in [-0.4, -0.2) is 49.3 Å². The van der Waals surface area contributed by atoms with Crippen LogP contribution in [0.1, 0.15) is 40.5 Å². The quantitative estimate of drug-likeness (QED) is 0.554. The molecule has 0 bridgehead atoms. The van der Waals surface area contributed by atoms with Crippen molar-refractivity contribution in [3.8, 4) is 0 Å². The number of hydrogen-bond donors (Lipinski definition) is 3. The van der Waals surface area contributed by atoms with E-state index in [1.54, 1.807) is 27.7 Å². The highest BCUT2D eigenvalue weighted by molar-refractivity contribution is 5.88. The predicted molar refractivity (Wildman–Crippen MR) is 81.1 cm³/mol. The van der Waals surface area contributed by atoms with E-state index in [1.807, 2.05) is 0 Å². The van der Waals surface area contributed by atoms with Gasteiger partial charge in [0.05, 0.1) is 6.61 Å². The number of carbonyl (C=O) groups excluding carboxylic acids is 3. The second-order valence-electron chi connectivity index (χ2n) is 5.65. The molecule has 0 aliphatic heterocycles. The van der Waals surface area contributed by atoms with Crippen molar-refractivity contribution in [3.63, 3.8) is 0 Å². The molecule has 0 aliphatic rings. The first-order valence-electron chi connectivity index (χ1n) is 7.32. The molecule has 0 unspecified atom stereocenters. The van der Waals surface area contributed by atoms with E-state index in [1.165, 1.54) is 0 Å². The molecule has 22 heavy (non-hydrogen) atoms. The molecule has 128 valence electrons. The fourth-order valence-corrected chi connectivity index (χ4v) is 1.54. The molecule has 0 fully saturated rings. The van der Waals surface area contributed by atoms with E-state index >= 15 is 0 Å². The molecule has 8 heteroatoms. The maximum Gasteiger partial charge on any atom is 0.408 e. The molecule has 0 spiro atoms. The molecule has 0 aromatic rings. The average Bonchev–Trinajstić information content (AvgIpc) is 2.39. The monoisotopic (exact) mass is 317 g/mol. The van der Waals surface area contributed by atoms with Crippen molar-refractivity contribution in [2.45, 2.75) is 52.2 Å². The first kappa shape index (κ1) is 20.2. The van der Waals surface area contributed by atoms with Crippen LogP contribution in [0.4, 0.5) is 4.79 Å². The second kappa shape index (κ2) is 9.99. The summed E-state index contributed by atoms with van der Waals surface area (Å²) in [5.41, 5.74) is 4.76. The van der Waals surface area contributed by atoms with Gasteiger partial charge >= 0.3 is 12.1 Å². The summed E-state index contributed by atoms with van der Waals surface area (Å²) in [6.45, 7) is 7.22. The molecule has 0 aromatic carbocycles. The summed E-state index contributed by atoms with van der Waals surface area (Å²) in [4.78, 5) is 35.0. The second-order valence-corrected chi connectivity index (χ2v) is 5.65. The Kier molecular flexibility index (Phi) is 9.16. The zero-order valence-corrected chi connectivity index (χ0v) is 13.7. The van der Waals surface area contributed by atoms with Crippen molar-refractivity contribution < 1.29 is 23.9 Å². The van der Waals surface area contributed by atoms with Gasteiger partial charge in [0.15, 0.2) is 0 Å². The fraction of sp³-hybridized carbons (Fsp3) is 0.786. The lowest BCUT2D eigenvalue weighted by Gasteiger charge is -2.23. The Morgan fingerprint density at radius 3 is 2.36 bits per heavy atom. The predicted octanol–water partition coefficient (Wildman–Crippen LogP) is 0.298. The van der Waals surface area contributed by atoms with E-state index in [4.69, 9.17) is 15.2 Å². The van der Waals surface area contributed by atoms with Crippen molar-refractivity contribution >= 4 is 18.0 Å². The lowest BCUT2D eigenvalue weighted by Crippen LogP contribution is -2.49. The van der Waals surface area contributed by atoms with E-state index < -0.39 is 29.6 Å². The molecule has 0 aliphatic carbocycles. The van der Waals surface area contributed by atoms with E-state index in [2.05, 4.69) is 10.6 Å². The Balaban J connectivity index is 4.51. The summed E-state index contributed by atoms with van der Waals surface area (Å²) < 4.78 is 9.82. The highest BCUT2D eigenvalue weighted by Gasteiger charge is 2.24. The standard InChI is InChI=1S/C14H27N3O5/c1-5-21-11(18)9-16-12(19)10(7-6-8-15)17-13(20)22-14(2,3)4/h10H,5-9,15H2,1-4H3,(H,16,19)(H,17,20)/t10-/m0/s1. The number of rotatable bonds is 8. The Bertz CT molecular complexity index is 379. The van der Waals surface area contributed by atoms with Crippen LogP contribution in [0.3, 0.4) is 0 Å². The third kappa shape index (κ3) is 9.98. The van der Waals surface area contributed by atoms with Gasteiger partial charge < -0.3 is 25.8 Å². The van der Waals surface area contributed by atoms with Gasteiger partial charge in [0.25, 0.3) is 0 Å². The van der Waals surface area contributed by atoms with Crippen molar-refractivity contribution in [1.82, 2.24) is 10.6 Å². The van der Waals surface area contributed by atoms with Crippen LogP contribution in [-0.2, 0) is 19.1 Å². The average molecular weight is 317 g/mol. The fourth-order valence-electron chi connectivity index (χ4n) is 1.54. The first-order chi connectivity index (χ1) is 10.2. The number of hydrogen-bond acceptors (Lipinski definition) is 6. The van der Waals surface area contributed by atoms with Crippen LogP contribution in [0.25, 0.3) is 0 Å². The van der Waals surface area contributed by atoms with Gasteiger partial charge in [-0.05, 0) is 47.1 Å². The molecule has 1 atom stereocenters. The largest absolute Gasteiger partial charge is 0.465 e. The SMILES string of the molecule is CCOC(=O)CNC(=O)[C@H](CCCN)NC(=O)OC(C)(C)C. The lowest BCUT2D eigenvalue weighted by molar-refractivity contribution is -0.143. The summed E-state index contributed by atoms with van der Waals surface area (Å²) in [5, 5.41) is 4.90. The van der Waals surface area contributed by atoms with Crippen LogP contribution in [0, 0.1) is 0 Å². The smallest absolute Gasteiger partial charge is 0.408 e. The number of alkyl carbamates (subject to hydrolysis) is 1. The van der Waals surface area contributed by atoms with Gasteiger partial charge in [-0.1, -0.05) is 0 Å². The van der Waals surface area contributed by atoms with Gasteiger partial charge in [-0.2, -0.15) is 0 Å². The summed E-state index contributed by atoms with van der Waals surface area (Å²) in [7, 11) is 0. The molecule has 0 rings (SSSR count). The number of ether oxygens (including phenoxy) is 2. The third-order valence-electron chi connectivity index (χ3n) is 2.42. The molecule has 4 N–H and O–H groups in total. The summed E-state index contributed by atoms with van der Waals surface area (Å²) in [6.07, 6.45) is 0.207. The Labute approximate surface area is 131 Å². The van der Waals surface area contributed by atoms with E-state index in [-0.39, 0.29) is 13.2 Å². The molecule has 2 amide bonds. The Morgan fingerprint density at radius 1 is 1.23 bits per heavy atom. The number of nitrogens with one attached hydrogen (secondary N) is 2. The minimum absolute atomic E-state index is 0.238. The number of esters is 1. The van der Waals surface area contributed by atoms with Crippen LogP contribution in [0.5, 0.6) is 0 Å². The number of nitrogens with two attached hydrogens (primary N) is 1. The minimum Gasteiger partial charge on any atom is -0.465 e. The first-order valence-corrected chi connectivity index (χ1v) is 7.32. The molecule has 0 aromatic heterocycles. The zero-order valence-electron chi connectivity index (χ0n) is 13.7. The van der Waals surface area contributed by atoms with Crippen LogP contribution in [0.2, 0.25) is 0 Å². The maximum absolute atomic E-state index is 12.0. The summed E-state index contributed by atoms with van der Waals surface area (Å²) in [6, 6.07) is -0.812. The topological polar surface area (TPSA) is 120 Å². The highest BCUT2D eigenvalue weighted by atomic mass is 16.6. The molecule has 8 nitrogen and oxygen atoms in total. The molecular weight excluding hydrogens is 290 g/mol. The molecule has 0 radical (unpaired) electrons. The van der Waals surface area contributed by atoms with Crippen molar-refractivity contribution in [2.75, 3.05) is 19.7 Å². The zero-order chi connectivity index (χ0) is 17.2. The molecule has 0 saturated carbocycles. The van der Waals surface area contributed by atoms with Gasteiger partial charge in [0.2, 0.25) is 5.91 Å². The van der Waals surface area contributed by atoms with Crippen LogP contribution < -0.4 is 16.4 Å². The van der Waals surface area contributed by atoms with E-state index in [9.17, 15) is 14.4 Å². The normalized spacial score (nSPS) is 12.2. The van der Waals surface area contributed by atoms with E-state index in [0.717, 1.165) is 0 Å². The summed E-state index contributed by atoms with van der Waals surface area (Å²) in [5.74, 6) is -1.02. The molecular formula is C14H27N3O5. The molecule has 0 saturated heterocycles. The van der Waals surface area contributed by atoms with Gasteiger partial charge in [-0.15, -0.1) is 0 Å². The van der Waals surface area contributed by atoms with Crippen LogP contribution >= 0.6 is 0 Å². The van der Waals surface area contributed by atoms with Gasteiger partial charge in [0.1, 0.15) is 18.2 Å². The minimum atomic E-state index is -0.812. The number of amides is 2. The molecule has 0 heterocycles. The Hall–Kier alpha value is -1.83. The highest BCUT2D eigenvalue weighted by Crippen LogP contribution is 2.07. The van der Waals surface area contributed by atoms with Crippen molar-refractivity contribution in [1.29, 1.82) is 0 Å². The van der Waals surface area contributed by atoms with E-state index in [0.29, 0.717) is 19.4 Å². The lowest BCUT2D eigenvalue weighted by atomic mass is 10.1. The third-order valence-corrected chi connectivity index (χ3v) is 2.42. The van der Waals surface area contributed by atoms with Crippen molar-refractivity contribution in [2.24, 2.45) is 5.73 Å². The summed E-state index contributed by atoms with van der Waals surface area (Å²) >= 11 is 0. The van der Waals surface area contributed by atoms with Gasteiger partial charge in [0, 0.05) is 0 Å².